The van der Waals surface area contributed by atoms with E-state index in [9.17, 15) is 14.4 Å². The monoisotopic (exact) mass is 483 g/mol. The number of benzene rings is 2. The number of fused-ring (bicyclic) bond motifs is 1. The predicted octanol–water partition coefficient (Wildman–Crippen LogP) is 3.08. The lowest BCUT2D eigenvalue weighted by Crippen LogP contribution is -2.75. The highest BCUT2D eigenvalue weighted by atomic mass is 35.5. The molecule has 0 bridgehead atoms. The number of hydrazine groups is 1. The smallest absolute Gasteiger partial charge is 0.333 e. The Morgan fingerprint density at radius 3 is 2.53 bits per heavy atom. The van der Waals surface area contributed by atoms with E-state index in [-0.39, 0.29) is 30.9 Å². The SMILES string of the molecule is CCCC1C(=O)N(Cc2cccc(Cl)c2)C[C@H]2N1C(=O)CN(C)N2C(=O)NCc1ccccc1. The van der Waals surface area contributed by atoms with E-state index in [0.717, 1.165) is 17.5 Å². The Morgan fingerprint density at radius 1 is 1.09 bits per heavy atom. The number of halogens is 1. The Bertz CT molecular complexity index is 1050. The zero-order chi connectivity index (χ0) is 24.2. The second-order valence-electron chi connectivity index (χ2n) is 8.74. The Kier molecular flexibility index (Phi) is 7.38. The molecule has 2 aromatic carbocycles. The number of carbonyl (C=O) groups is 3. The van der Waals surface area contributed by atoms with E-state index in [2.05, 4.69) is 5.32 Å². The Balaban J connectivity index is 1.59. The number of urea groups is 1. The van der Waals surface area contributed by atoms with Crippen LogP contribution in [0, 0.1) is 0 Å². The Labute approximate surface area is 205 Å². The minimum absolute atomic E-state index is 0.0387. The van der Waals surface area contributed by atoms with Crippen LogP contribution < -0.4 is 5.32 Å². The van der Waals surface area contributed by atoms with E-state index in [1.54, 1.807) is 32.9 Å². The lowest BCUT2D eigenvalue weighted by molar-refractivity contribution is -0.188. The van der Waals surface area contributed by atoms with E-state index in [0.29, 0.717) is 24.5 Å². The van der Waals surface area contributed by atoms with Crippen LogP contribution in [0.1, 0.15) is 30.9 Å². The topological polar surface area (TPSA) is 76.2 Å². The number of likely N-dealkylation sites (N-methyl/N-ethyl adjacent to an activating group) is 1. The van der Waals surface area contributed by atoms with Gasteiger partial charge in [-0.25, -0.2) is 14.8 Å². The fourth-order valence-corrected chi connectivity index (χ4v) is 4.92. The molecule has 2 aromatic rings. The molecule has 2 aliphatic heterocycles. The van der Waals surface area contributed by atoms with Gasteiger partial charge in [-0.15, -0.1) is 0 Å². The molecule has 1 unspecified atom stereocenters. The highest BCUT2D eigenvalue weighted by molar-refractivity contribution is 6.30. The molecule has 180 valence electrons. The number of carbonyl (C=O) groups excluding carboxylic acids is 3. The zero-order valence-electron chi connectivity index (χ0n) is 19.5. The van der Waals surface area contributed by atoms with Gasteiger partial charge in [-0.2, -0.15) is 0 Å². The summed E-state index contributed by atoms with van der Waals surface area (Å²) < 4.78 is 0. The normalized spacial score (nSPS) is 21.0. The van der Waals surface area contributed by atoms with E-state index >= 15 is 0 Å². The summed E-state index contributed by atoms with van der Waals surface area (Å²) in [5, 5.41) is 6.78. The Morgan fingerprint density at radius 2 is 1.82 bits per heavy atom. The van der Waals surface area contributed by atoms with Crippen molar-refractivity contribution in [2.24, 2.45) is 0 Å². The minimum Gasteiger partial charge on any atom is -0.333 e. The van der Waals surface area contributed by atoms with Crippen molar-refractivity contribution < 1.29 is 14.4 Å². The average molecular weight is 484 g/mol. The predicted molar refractivity (Wildman–Crippen MR) is 129 cm³/mol. The molecule has 0 saturated carbocycles. The van der Waals surface area contributed by atoms with Gasteiger partial charge in [0.15, 0.2) is 0 Å². The van der Waals surface area contributed by atoms with Crippen LogP contribution in [0.3, 0.4) is 0 Å². The van der Waals surface area contributed by atoms with E-state index in [1.807, 2.05) is 55.5 Å². The standard InChI is InChI=1S/C25H30ClN5O3/c1-3-8-21-24(33)29(15-19-11-7-12-20(26)13-19)16-22-30(21)23(32)17-28(2)31(22)25(34)27-14-18-9-5-4-6-10-18/h4-7,9-13,21-22H,3,8,14-17H2,1-2H3,(H,27,34)/t21?,22-/m0/s1. The molecule has 4 amide bonds. The lowest BCUT2D eigenvalue weighted by Gasteiger charge is -2.54. The lowest BCUT2D eigenvalue weighted by atomic mass is 10.0. The molecule has 1 N–H and O–H groups in total. The fourth-order valence-electron chi connectivity index (χ4n) is 4.71. The van der Waals surface area contributed by atoms with Crippen molar-refractivity contribution in [1.29, 1.82) is 0 Å². The van der Waals surface area contributed by atoms with Crippen LogP contribution in [0.25, 0.3) is 0 Å². The molecule has 8 nitrogen and oxygen atoms in total. The number of hydrogen-bond acceptors (Lipinski definition) is 4. The summed E-state index contributed by atoms with van der Waals surface area (Å²) in [7, 11) is 1.73. The first-order valence-corrected chi connectivity index (χ1v) is 11.9. The van der Waals surface area contributed by atoms with Gasteiger partial charge in [0, 0.05) is 25.2 Å². The average Bonchev–Trinajstić information content (AvgIpc) is 2.81. The summed E-state index contributed by atoms with van der Waals surface area (Å²) >= 11 is 6.15. The number of rotatable bonds is 6. The van der Waals surface area contributed by atoms with Gasteiger partial charge in [0.2, 0.25) is 11.8 Å². The van der Waals surface area contributed by atoms with Crippen molar-refractivity contribution >= 4 is 29.4 Å². The van der Waals surface area contributed by atoms with Crippen LogP contribution in [0.15, 0.2) is 54.6 Å². The molecule has 0 radical (unpaired) electrons. The molecule has 34 heavy (non-hydrogen) atoms. The van der Waals surface area contributed by atoms with Gasteiger partial charge in [0.1, 0.15) is 12.2 Å². The summed E-state index contributed by atoms with van der Waals surface area (Å²) in [4.78, 5) is 43.2. The molecule has 2 heterocycles. The maximum Gasteiger partial charge on any atom is 0.334 e. The molecule has 0 spiro atoms. The summed E-state index contributed by atoms with van der Waals surface area (Å²) in [6.45, 7) is 2.98. The highest BCUT2D eigenvalue weighted by Gasteiger charge is 2.50. The fraction of sp³-hybridized carbons (Fsp3) is 0.400. The van der Waals surface area contributed by atoms with Crippen molar-refractivity contribution in [3.63, 3.8) is 0 Å². The van der Waals surface area contributed by atoms with Crippen LogP contribution >= 0.6 is 11.6 Å². The maximum atomic E-state index is 13.4. The number of nitrogens with one attached hydrogen (secondary N) is 1. The molecule has 4 rings (SSSR count). The van der Waals surface area contributed by atoms with Crippen LogP contribution in [0.5, 0.6) is 0 Å². The van der Waals surface area contributed by atoms with Gasteiger partial charge < -0.3 is 15.1 Å². The molecule has 2 fully saturated rings. The second-order valence-corrected chi connectivity index (χ2v) is 9.18. The van der Waals surface area contributed by atoms with Gasteiger partial charge >= 0.3 is 6.03 Å². The van der Waals surface area contributed by atoms with E-state index < -0.39 is 12.2 Å². The molecule has 2 saturated heterocycles. The van der Waals surface area contributed by atoms with Crippen LogP contribution in [-0.4, -0.2) is 70.0 Å². The number of hydrogen-bond donors (Lipinski definition) is 1. The first-order chi connectivity index (χ1) is 16.4. The summed E-state index contributed by atoms with van der Waals surface area (Å²) in [6.07, 6.45) is 0.694. The molecular formula is C25H30ClN5O3. The summed E-state index contributed by atoms with van der Waals surface area (Å²) in [5.74, 6) is -0.241. The zero-order valence-corrected chi connectivity index (χ0v) is 20.2. The molecule has 2 atom stereocenters. The maximum absolute atomic E-state index is 13.4. The van der Waals surface area contributed by atoms with Gasteiger partial charge in [0.05, 0.1) is 13.1 Å². The van der Waals surface area contributed by atoms with E-state index in [1.165, 1.54) is 0 Å². The molecule has 0 aliphatic carbocycles. The van der Waals surface area contributed by atoms with Crippen molar-refractivity contribution in [3.8, 4) is 0 Å². The quantitative estimate of drug-likeness (QED) is 0.685. The van der Waals surface area contributed by atoms with E-state index in [4.69, 9.17) is 11.6 Å². The molecule has 2 aliphatic rings. The number of nitrogens with zero attached hydrogens (tertiary/aromatic N) is 4. The van der Waals surface area contributed by atoms with Gasteiger partial charge in [-0.05, 0) is 29.7 Å². The first-order valence-electron chi connectivity index (χ1n) is 11.6. The van der Waals surface area contributed by atoms with Gasteiger partial charge in [0.25, 0.3) is 0 Å². The molecule has 0 aromatic heterocycles. The summed E-state index contributed by atoms with van der Waals surface area (Å²) in [5.41, 5.74) is 1.88. The Hall–Kier alpha value is -3.10. The van der Waals surface area contributed by atoms with Crippen molar-refractivity contribution in [1.82, 2.24) is 25.1 Å². The van der Waals surface area contributed by atoms with Crippen molar-refractivity contribution in [2.75, 3.05) is 20.1 Å². The van der Waals surface area contributed by atoms with Crippen LogP contribution in [0.2, 0.25) is 5.02 Å². The summed E-state index contributed by atoms with van der Waals surface area (Å²) in [6, 6.07) is 16.1. The third-order valence-electron chi connectivity index (χ3n) is 6.26. The van der Waals surface area contributed by atoms with Crippen LogP contribution in [0.4, 0.5) is 4.79 Å². The molecular weight excluding hydrogens is 454 g/mol. The second kappa shape index (κ2) is 10.4. The van der Waals surface area contributed by atoms with Gasteiger partial charge in [-0.3, -0.25) is 9.59 Å². The highest BCUT2D eigenvalue weighted by Crippen LogP contribution is 2.29. The minimum atomic E-state index is -0.603. The van der Waals surface area contributed by atoms with Crippen molar-refractivity contribution in [2.45, 2.75) is 45.1 Å². The molecule has 9 heteroatoms. The number of piperazine rings is 1. The van der Waals surface area contributed by atoms with Crippen molar-refractivity contribution in [3.05, 3.63) is 70.7 Å². The third kappa shape index (κ3) is 5.03. The third-order valence-corrected chi connectivity index (χ3v) is 6.49. The van der Waals surface area contributed by atoms with Gasteiger partial charge in [-0.1, -0.05) is 67.4 Å². The first kappa shape index (κ1) is 24.0. The number of amides is 4. The largest absolute Gasteiger partial charge is 0.334 e. The van der Waals surface area contributed by atoms with Crippen LogP contribution in [-0.2, 0) is 22.7 Å².